The van der Waals surface area contributed by atoms with E-state index < -0.39 is 29.7 Å². The molecule has 1 unspecified atom stereocenters. The van der Waals surface area contributed by atoms with Gasteiger partial charge in [-0.25, -0.2) is 4.79 Å². The van der Waals surface area contributed by atoms with Crippen molar-refractivity contribution in [3.8, 4) is 0 Å². The van der Waals surface area contributed by atoms with E-state index in [9.17, 15) is 22.8 Å². The molecule has 2 rings (SSSR count). The second-order valence-electron chi connectivity index (χ2n) is 7.11. The number of hydrogen-bond donors (Lipinski definition) is 1. The zero-order valence-electron chi connectivity index (χ0n) is 15.1. The Morgan fingerprint density at radius 1 is 1.26 bits per heavy atom. The molecule has 8 nitrogen and oxygen atoms in total. The molecular weight excluding hydrogens is 482 g/mol. The minimum atomic E-state index is -4.58. The molecule has 1 atom stereocenters. The molecule has 2 heterocycles. The molecule has 2 amide bonds. The van der Waals surface area contributed by atoms with Crippen LogP contribution in [0.3, 0.4) is 0 Å². The van der Waals surface area contributed by atoms with Crippen molar-refractivity contribution in [3.63, 3.8) is 0 Å². The molecule has 0 bridgehead atoms. The van der Waals surface area contributed by atoms with E-state index in [2.05, 4.69) is 15.5 Å². The van der Waals surface area contributed by atoms with Crippen LogP contribution < -0.4 is 5.32 Å². The van der Waals surface area contributed by atoms with Gasteiger partial charge in [0.25, 0.3) is 0 Å². The van der Waals surface area contributed by atoms with Gasteiger partial charge in [0.1, 0.15) is 5.60 Å². The number of carbonyl (C=O) groups excluding carboxylic acids is 2. The van der Waals surface area contributed by atoms with Crippen LogP contribution in [0, 0.1) is 0 Å². The number of amides is 2. The second-order valence-corrected chi connectivity index (χ2v) is 7.99. The molecular formula is C15H21F3IN5O3. The average molecular weight is 503 g/mol. The maximum absolute atomic E-state index is 12.9. The molecule has 0 saturated carbocycles. The van der Waals surface area contributed by atoms with E-state index >= 15 is 0 Å². The Kier molecular flexibility index (Phi) is 6.58. The lowest BCUT2D eigenvalue weighted by Gasteiger charge is -2.29. The van der Waals surface area contributed by atoms with Gasteiger partial charge in [0, 0.05) is 30.0 Å². The fraction of sp³-hybridized carbons (Fsp3) is 0.733. The second kappa shape index (κ2) is 8.19. The van der Waals surface area contributed by atoms with Gasteiger partial charge in [0.05, 0.1) is 6.54 Å². The Labute approximate surface area is 168 Å². The Balaban J connectivity index is 1.96. The van der Waals surface area contributed by atoms with E-state index in [0.717, 1.165) is 4.57 Å². The summed E-state index contributed by atoms with van der Waals surface area (Å²) in [5, 5.41) is 9.38. The summed E-state index contributed by atoms with van der Waals surface area (Å²) in [4.78, 5) is 25.8. The lowest BCUT2D eigenvalue weighted by atomic mass is 10.2. The monoisotopic (exact) mass is 503 g/mol. The van der Waals surface area contributed by atoms with E-state index in [1.165, 1.54) is 4.90 Å². The van der Waals surface area contributed by atoms with Gasteiger partial charge in [0.15, 0.2) is 5.82 Å². The lowest BCUT2D eigenvalue weighted by molar-refractivity contribution is -0.148. The number of aromatic nitrogens is 3. The average Bonchev–Trinajstić information content (AvgIpc) is 2.95. The summed E-state index contributed by atoms with van der Waals surface area (Å²) in [6.07, 6.45) is -5.19. The van der Waals surface area contributed by atoms with Gasteiger partial charge < -0.3 is 19.5 Å². The molecule has 0 radical (unpaired) electrons. The highest BCUT2D eigenvalue weighted by Crippen LogP contribution is 2.29. The molecule has 152 valence electrons. The number of halogens is 4. The topological polar surface area (TPSA) is 89.4 Å². The first-order valence-electron chi connectivity index (χ1n) is 8.23. The van der Waals surface area contributed by atoms with Crippen LogP contribution in [0.1, 0.15) is 38.8 Å². The third-order valence-corrected chi connectivity index (χ3v) is 4.75. The van der Waals surface area contributed by atoms with Gasteiger partial charge >= 0.3 is 12.3 Å². The van der Waals surface area contributed by atoms with Gasteiger partial charge in [-0.15, -0.1) is 10.2 Å². The molecule has 0 spiro atoms. The lowest BCUT2D eigenvalue weighted by Crippen LogP contribution is -2.45. The van der Waals surface area contributed by atoms with Gasteiger partial charge in [-0.2, -0.15) is 13.2 Å². The minimum Gasteiger partial charge on any atom is -0.444 e. The van der Waals surface area contributed by atoms with Crippen LogP contribution in [0.15, 0.2) is 0 Å². The van der Waals surface area contributed by atoms with Crippen molar-refractivity contribution in [3.05, 3.63) is 11.6 Å². The normalized spacial score (nSPS) is 15.9. The van der Waals surface area contributed by atoms with Crippen molar-refractivity contribution in [1.29, 1.82) is 0 Å². The number of alkyl carbamates (subject to hydrolysis) is 1. The first-order valence-corrected chi connectivity index (χ1v) is 9.76. The van der Waals surface area contributed by atoms with Crippen LogP contribution in [-0.2, 0) is 28.8 Å². The number of alkyl halides is 4. The summed E-state index contributed by atoms with van der Waals surface area (Å²) in [6, 6.07) is -0.446. The first kappa shape index (κ1) is 21.7. The Morgan fingerprint density at radius 3 is 2.48 bits per heavy atom. The Hall–Kier alpha value is -1.60. The maximum atomic E-state index is 12.9. The maximum Gasteiger partial charge on any atom is 0.451 e. The Bertz CT molecular complexity index is 702. The van der Waals surface area contributed by atoms with Crippen LogP contribution in [0.25, 0.3) is 0 Å². The van der Waals surface area contributed by atoms with Gasteiger partial charge in [-0.05, 0) is 20.8 Å². The van der Waals surface area contributed by atoms with Gasteiger partial charge in [-0.3, -0.25) is 4.79 Å². The van der Waals surface area contributed by atoms with Crippen molar-refractivity contribution in [1.82, 2.24) is 25.0 Å². The number of nitrogens with zero attached hydrogens (tertiary/aromatic N) is 4. The fourth-order valence-corrected chi connectivity index (χ4v) is 3.07. The van der Waals surface area contributed by atoms with Gasteiger partial charge in [-0.1, -0.05) is 22.6 Å². The van der Waals surface area contributed by atoms with Crippen LogP contribution in [0.4, 0.5) is 18.0 Å². The van der Waals surface area contributed by atoms with Crippen molar-refractivity contribution in [2.45, 2.75) is 58.1 Å². The largest absolute Gasteiger partial charge is 0.451 e. The van der Waals surface area contributed by atoms with E-state index in [0.29, 0.717) is 4.43 Å². The molecule has 27 heavy (non-hydrogen) atoms. The van der Waals surface area contributed by atoms with Crippen LogP contribution in [-0.4, -0.2) is 54.3 Å². The number of carbonyl (C=O) groups is 2. The summed E-state index contributed by atoms with van der Waals surface area (Å²) >= 11 is 2.04. The van der Waals surface area contributed by atoms with E-state index in [1.54, 1.807) is 20.8 Å². The fourth-order valence-electron chi connectivity index (χ4n) is 2.54. The number of fused-ring (bicyclic) bond motifs is 1. The van der Waals surface area contributed by atoms with Crippen LogP contribution in [0.5, 0.6) is 0 Å². The molecule has 1 N–H and O–H groups in total. The molecule has 1 aromatic rings. The Morgan fingerprint density at radius 2 is 1.93 bits per heavy atom. The van der Waals surface area contributed by atoms with E-state index in [4.69, 9.17) is 4.74 Å². The summed E-state index contributed by atoms with van der Waals surface area (Å²) in [6.45, 7) is 5.23. The highest BCUT2D eigenvalue weighted by Gasteiger charge is 2.40. The smallest absolute Gasteiger partial charge is 0.444 e. The predicted molar refractivity (Wildman–Crippen MR) is 97.1 cm³/mol. The first-order chi connectivity index (χ1) is 12.4. The molecule has 1 aromatic heterocycles. The highest BCUT2D eigenvalue weighted by molar-refractivity contribution is 14.1. The molecule has 12 heteroatoms. The molecule has 1 aliphatic rings. The molecule has 0 aliphatic carbocycles. The molecule has 0 aromatic carbocycles. The summed E-state index contributed by atoms with van der Waals surface area (Å²) in [5.41, 5.74) is -0.656. The van der Waals surface area contributed by atoms with Crippen LogP contribution in [0.2, 0.25) is 0 Å². The third kappa shape index (κ3) is 5.94. The number of nitrogens with one attached hydrogen (secondary N) is 1. The predicted octanol–water partition coefficient (Wildman–Crippen LogP) is 2.36. The number of hydrogen-bond acceptors (Lipinski definition) is 5. The van der Waals surface area contributed by atoms with Crippen molar-refractivity contribution in [2.75, 3.05) is 11.0 Å². The van der Waals surface area contributed by atoms with E-state index in [-0.39, 0.29) is 37.8 Å². The minimum absolute atomic E-state index is 0.0163. The standard InChI is InChI=1S/C15H21F3IN5O3/c1-14(2,3)27-13(26)20-9(7-19)6-11(25)23-4-5-24-10(8-23)21-22-12(24)15(16,17)18/h9H,4-8H2,1-3H3,(H,20,26). The number of ether oxygens (including phenoxy) is 1. The SMILES string of the molecule is CC(C)(C)OC(=O)NC(CI)CC(=O)N1CCn2c(nnc2C(F)(F)F)C1. The zero-order chi connectivity index (χ0) is 20.4. The molecule has 0 saturated heterocycles. The van der Waals surface area contributed by atoms with Gasteiger partial charge in [0.2, 0.25) is 11.7 Å². The van der Waals surface area contributed by atoms with Crippen molar-refractivity contribution in [2.24, 2.45) is 0 Å². The molecule has 1 aliphatic heterocycles. The zero-order valence-corrected chi connectivity index (χ0v) is 17.3. The quantitative estimate of drug-likeness (QED) is 0.504. The summed E-state index contributed by atoms with van der Waals surface area (Å²) in [7, 11) is 0. The molecule has 0 fully saturated rings. The van der Waals surface area contributed by atoms with Crippen molar-refractivity contribution < 1.29 is 27.5 Å². The summed E-state index contributed by atoms with van der Waals surface area (Å²) in [5.74, 6) is -1.25. The third-order valence-electron chi connectivity index (χ3n) is 3.69. The number of rotatable bonds is 4. The van der Waals surface area contributed by atoms with Crippen molar-refractivity contribution >= 4 is 34.6 Å². The van der Waals surface area contributed by atoms with Crippen LogP contribution >= 0.6 is 22.6 Å². The summed E-state index contributed by atoms with van der Waals surface area (Å²) < 4.78 is 45.2. The highest BCUT2D eigenvalue weighted by atomic mass is 127. The van der Waals surface area contributed by atoms with E-state index in [1.807, 2.05) is 22.6 Å².